The van der Waals surface area contributed by atoms with Crippen LogP contribution < -0.4 is 0 Å². The number of hydrogen-bond donors (Lipinski definition) is 0. The normalized spacial score (nSPS) is 17.4. The van der Waals surface area contributed by atoms with E-state index in [4.69, 9.17) is 9.47 Å². The van der Waals surface area contributed by atoms with Crippen LogP contribution in [0.1, 0.15) is 54.6 Å². The molecule has 0 amide bonds. The van der Waals surface area contributed by atoms with E-state index in [2.05, 4.69) is 6.58 Å². The molecule has 2 aromatic heterocycles. The molecule has 1 aliphatic rings. The van der Waals surface area contributed by atoms with Gasteiger partial charge in [-0.2, -0.15) is 0 Å². The number of carbonyl (C=O) groups is 2. The van der Waals surface area contributed by atoms with Crippen molar-refractivity contribution in [1.82, 2.24) is 7.94 Å². The van der Waals surface area contributed by atoms with E-state index in [1.807, 2.05) is 19.9 Å². The van der Waals surface area contributed by atoms with Crippen LogP contribution in [-0.4, -0.2) is 50.9 Å². The van der Waals surface area contributed by atoms with E-state index >= 15 is 0 Å². The highest BCUT2D eigenvalue weighted by Crippen LogP contribution is 2.53. The van der Waals surface area contributed by atoms with Gasteiger partial charge < -0.3 is 9.47 Å². The van der Waals surface area contributed by atoms with E-state index < -0.39 is 49.7 Å². The first-order valence-corrected chi connectivity index (χ1v) is 21.0. The predicted molar refractivity (Wildman–Crippen MR) is 216 cm³/mol. The van der Waals surface area contributed by atoms with Crippen LogP contribution >= 0.6 is 0 Å². The summed E-state index contributed by atoms with van der Waals surface area (Å²) >= 11 is 0. The molecule has 10 nitrogen and oxygen atoms in total. The summed E-state index contributed by atoms with van der Waals surface area (Å²) < 4.78 is 72.7. The number of nitrogens with zero attached hydrogens (tertiary/aromatic N) is 2. The van der Waals surface area contributed by atoms with Crippen molar-refractivity contribution in [2.75, 3.05) is 14.2 Å². The van der Waals surface area contributed by atoms with Crippen molar-refractivity contribution < 1.29 is 35.9 Å². The van der Waals surface area contributed by atoms with Gasteiger partial charge in [-0.15, -0.1) is 0 Å². The summed E-state index contributed by atoms with van der Waals surface area (Å²) in [5.41, 5.74) is 3.97. The molecule has 1 aliphatic carbocycles. The highest BCUT2D eigenvalue weighted by atomic mass is 32.2. The van der Waals surface area contributed by atoms with E-state index in [1.54, 1.807) is 84.9 Å². The molecular formula is C44H42N2O8S2. The molecule has 4 aromatic carbocycles. The van der Waals surface area contributed by atoms with Crippen LogP contribution in [0.4, 0.5) is 0 Å². The summed E-state index contributed by atoms with van der Waals surface area (Å²) in [4.78, 5) is 26.5. The van der Waals surface area contributed by atoms with Crippen LogP contribution in [0.5, 0.6) is 0 Å². The lowest BCUT2D eigenvalue weighted by Gasteiger charge is -2.39. The molecule has 0 saturated carbocycles. The number of allylic oxidation sites excluding steroid dienone is 3. The summed E-state index contributed by atoms with van der Waals surface area (Å²) in [6.07, 6.45) is 1.92. The molecule has 0 radical (unpaired) electrons. The SMILES string of the molecule is C=C(C)[C@@H]1[C@@H](c2c(CC(=O)OC)c3ccccc3n2S(=O)(=O)c2ccccc2)C=C(C)C[C@H]1c1c(CC(=O)OC)c2ccccc2n1S(=O)(=O)c1ccccc1. The second-order valence-electron chi connectivity index (χ2n) is 14.2. The van der Waals surface area contributed by atoms with E-state index in [-0.39, 0.29) is 22.6 Å². The van der Waals surface area contributed by atoms with E-state index in [1.165, 1.54) is 46.4 Å². The van der Waals surface area contributed by atoms with Crippen molar-refractivity contribution in [3.05, 3.63) is 156 Å². The molecule has 2 heterocycles. The Hall–Kier alpha value is -5.72. The molecule has 3 atom stereocenters. The number of aromatic nitrogens is 2. The third kappa shape index (κ3) is 6.56. The Morgan fingerprint density at radius 3 is 1.52 bits per heavy atom. The molecule has 0 aliphatic heterocycles. The standard InChI is InChI=1S/C44H42N2O8S2/c1-28(2)42-36(43-34(26-40(47)53-4)32-20-12-14-22-38(32)45(43)55(49,50)30-16-8-6-9-17-30)24-29(3)25-37(42)44-35(27-41(48)54-5)33-21-13-15-23-39(33)46(44)56(51,52)31-18-10-7-11-19-31/h6-24,36-37,42H,1,25-27H2,2-5H3/t36-,37+,42+/m0/s1. The van der Waals surface area contributed by atoms with Gasteiger partial charge in [-0.25, -0.2) is 24.8 Å². The molecular weight excluding hydrogens is 749 g/mol. The van der Waals surface area contributed by atoms with Gasteiger partial charge >= 0.3 is 11.9 Å². The second-order valence-corrected chi connectivity index (χ2v) is 17.7. The maximum Gasteiger partial charge on any atom is 0.310 e. The van der Waals surface area contributed by atoms with Crippen LogP contribution in [0.15, 0.2) is 143 Å². The maximum absolute atomic E-state index is 14.9. The van der Waals surface area contributed by atoms with Gasteiger partial charge in [0.25, 0.3) is 20.0 Å². The van der Waals surface area contributed by atoms with Crippen molar-refractivity contribution in [2.24, 2.45) is 5.92 Å². The Balaban J connectivity index is 1.59. The zero-order valence-electron chi connectivity index (χ0n) is 31.5. The van der Waals surface area contributed by atoms with Crippen molar-refractivity contribution in [1.29, 1.82) is 0 Å². The summed E-state index contributed by atoms with van der Waals surface area (Å²) in [6, 6.07) is 30.3. The van der Waals surface area contributed by atoms with Gasteiger partial charge in [0, 0.05) is 34.0 Å². The summed E-state index contributed by atoms with van der Waals surface area (Å²) in [6.45, 7) is 8.21. The number of fused-ring (bicyclic) bond motifs is 2. The Labute approximate surface area is 326 Å². The summed E-state index contributed by atoms with van der Waals surface area (Å²) in [5.74, 6) is -3.12. The molecule has 7 rings (SSSR count). The fraction of sp³-hybridized carbons (Fsp3) is 0.227. The smallest absolute Gasteiger partial charge is 0.310 e. The molecule has 0 spiro atoms. The third-order valence-electron chi connectivity index (χ3n) is 10.7. The van der Waals surface area contributed by atoms with E-state index in [0.29, 0.717) is 56.3 Å². The third-order valence-corrected chi connectivity index (χ3v) is 14.2. The lowest BCUT2D eigenvalue weighted by molar-refractivity contribution is -0.140. The number of hydrogen-bond acceptors (Lipinski definition) is 8. The molecule has 6 aromatic rings. The van der Waals surface area contributed by atoms with Crippen LogP contribution in [0.3, 0.4) is 0 Å². The van der Waals surface area contributed by atoms with E-state index in [0.717, 1.165) is 5.57 Å². The predicted octanol–water partition coefficient (Wildman–Crippen LogP) is 7.91. The minimum Gasteiger partial charge on any atom is -0.469 e. The van der Waals surface area contributed by atoms with Crippen LogP contribution in [0.25, 0.3) is 21.8 Å². The molecule has 12 heteroatoms. The molecule has 0 fully saturated rings. The Bertz CT molecular complexity index is 2770. The van der Waals surface area contributed by atoms with Gasteiger partial charge in [0.2, 0.25) is 0 Å². The van der Waals surface area contributed by atoms with Crippen LogP contribution in [0, 0.1) is 5.92 Å². The lowest BCUT2D eigenvalue weighted by atomic mass is 9.67. The fourth-order valence-corrected chi connectivity index (χ4v) is 11.6. The Morgan fingerprint density at radius 1 is 0.661 bits per heavy atom. The first-order chi connectivity index (χ1) is 26.8. The molecule has 0 bridgehead atoms. The number of rotatable bonds is 11. The zero-order valence-corrected chi connectivity index (χ0v) is 33.1. The van der Waals surface area contributed by atoms with Gasteiger partial charge in [-0.05, 0) is 73.7 Å². The minimum absolute atomic E-state index is 0.0565. The number of carbonyl (C=O) groups excluding carboxylic acids is 2. The highest BCUT2D eigenvalue weighted by molar-refractivity contribution is 7.90. The second kappa shape index (κ2) is 15.1. The number of ether oxygens (including phenoxy) is 2. The summed E-state index contributed by atoms with van der Waals surface area (Å²) in [7, 11) is -5.99. The van der Waals surface area contributed by atoms with Gasteiger partial charge in [-0.1, -0.05) is 96.6 Å². The highest BCUT2D eigenvalue weighted by Gasteiger charge is 2.44. The molecule has 56 heavy (non-hydrogen) atoms. The largest absolute Gasteiger partial charge is 0.469 e. The number of esters is 2. The average molecular weight is 791 g/mol. The van der Waals surface area contributed by atoms with Crippen molar-refractivity contribution >= 4 is 53.8 Å². The number of methoxy groups -OCH3 is 2. The average Bonchev–Trinajstić information content (AvgIpc) is 3.71. The molecule has 288 valence electrons. The quantitative estimate of drug-likeness (QED) is 0.0957. The molecule has 0 unspecified atom stereocenters. The molecule has 0 N–H and O–H groups in total. The summed E-state index contributed by atoms with van der Waals surface area (Å²) in [5, 5.41) is 1.14. The Kier molecular flexibility index (Phi) is 10.4. The monoisotopic (exact) mass is 790 g/mol. The van der Waals surface area contributed by atoms with Gasteiger partial charge in [0.05, 0.1) is 47.9 Å². The zero-order chi connectivity index (χ0) is 39.9. The number of benzene rings is 4. The lowest BCUT2D eigenvalue weighted by Crippen LogP contribution is -2.32. The van der Waals surface area contributed by atoms with Crippen LogP contribution in [0.2, 0.25) is 0 Å². The maximum atomic E-state index is 14.9. The molecule has 0 saturated heterocycles. The first-order valence-electron chi connectivity index (χ1n) is 18.1. The van der Waals surface area contributed by atoms with Crippen molar-refractivity contribution in [3.63, 3.8) is 0 Å². The van der Waals surface area contributed by atoms with Crippen molar-refractivity contribution in [3.8, 4) is 0 Å². The van der Waals surface area contributed by atoms with Gasteiger partial charge in [0.1, 0.15) is 0 Å². The Morgan fingerprint density at radius 2 is 1.07 bits per heavy atom. The topological polar surface area (TPSA) is 131 Å². The van der Waals surface area contributed by atoms with Crippen molar-refractivity contribution in [2.45, 2.75) is 54.7 Å². The van der Waals surface area contributed by atoms with E-state index in [9.17, 15) is 26.4 Å². The van der Waals surface area contributed by atoms with Gasteiger partial charge in [-0.3, -0.25) is 9.59 Å². The first kappa shape index (κ1) is 38.6. The van der Waals surface area contributed by atoms with Crippen LogP contribution in [-0.2, 0) is 52.0 Å². The number of para-hydroxylation sites is 2. The minimum atomic E-state index is -4.29. The fourth-order valence-electron chi connectivity index (χ4n) is 8.39. The van der Waals surface area contributed by atoms with Gasteiger partial charge in [0.15, 0.2) is 0 Å².